The van der Waals surface area contributed by atoms with Crippen LogP contribution < -0.4 is 5.32 Å². The summed E-state index contributed by atoms with van der Waals surface area (Å²) in [4.78, 5) is 0. The van der Waals surface area contributed by atoms with Crippen molar-refractivity contribution in [2.24, 2.45) is 0 Å². The van der Waals surface area contributed by atoms with Gasteiger partial charge in [0, 0.05) is 17.1 Å². The minimum atomic E-state index is -0.184. The number of hydrogen-bond donors (Lipinski definition) is 1. The van der Waals surface area contributed by atoms with E-state index in [9.17, 15) is 4.39 Å². The predicted molar refractivity (Wildman–Crippen MR) is 80.5 cm³/mol. The maximum absolute atomic E-state index is 13.2. The van der Waals surface area contributed by atoms with E-state index >= 15 is 0 Å². The van der Waals surface area contributed by atoms with Gasteiger partial charge in [-0.05, 0) is 48.7 Å². The fourth-order valence-corrected chi connectivity index (χ4v) is 2.66. The van der Waals surface area contributed by atoms with Gasteiger partial charge in [-0.2, -0.15) is 0 Å². The molecule has 0 saturated carbocycles. The molecule has 2 aromatic rings. The van der Waals surface area contributed by atoms with Crippen LogP contribution in [-0.2, 0) is 6.54 Å². The van der Waals surface area contributed by atoms with E-state index in [1.807, 2.05) is 31.2 Å². The summed E-state index contributed by atoms with van der Waals surface area (Å²) in [6.45, 7) is 4.76. The quantitative estimate of drug-likeness (QED) is 0.857. The minimum Gasteiger partial charge on any atom is -0.306 e. The standard InChI is InChI=1S/C16H17BrFN/c1-11-7-8-14(18)9-13(11)10-19-12(2)15-5-3-4-6-16(15)17/h3-9,12,19H,10H2,1-2H3. The number of benzene rings is 2. The Morgan fingerprint density at radius 1 is 1.21 bits per heavy atom. The molecular weight excluding hydrogens is 305 g/mol. The molecule has 0 aliphatic carbocycles. The number of nitrogens with one attached hydrogen (secondary N) is 1. The highest BCUT2D eigenvalue weighted by Gasteiger charge is 2.09. The van der Waals surface area contributed by atoms with Crippen LogP contribution in [-0.4, -0.2) is 0 Å². The van der Waals surface area contributed by atoms with Crippen LogP contribution in [0.2, 0.25) is 0 Å². The Bertz CT molecular complexity index is 568. The van der Waals surface area contributed by atoms with Gasteiger partial charge in [0.15, 0.2) is 0 Å². The lowest BCUT2D eigenvalue weighted by Crippen LogP contribution is -2.19. The maximum atomic E-state index is 13.2. The smallest absolute Gasteiger partial charge is 0.123 e. The van der Waals surface area contributed by atoms with Crippen molar-refractivity contribution in [3.63, 3.8) is 0 Å². The second-order valence-corrected chi connectivity index (χ2v) is 5.55. The maximum Gasteiger partial charge on any atom is 0.123 e. The molecule has 0 aliphatic rings. The van der Waals surface area contributed by atoms with Gasteiger partial charge in [0.1, 0.15) is 5.82 Å². The molecule has 2 aromatic carbocycles. The fourth-order valence-electron chi connectivity index (χ4n) is 2.03. The highest BCUT2D eigenvalue weighted by molar-refractivity contribution is 9.10. The van der Waals surface area contributed by atoms with Gasteiger partial charge in [-0.3, -0.25) is 0 Å². The summed E-state index contributed by atoms with van der Waals surface area (Å²) in [5.41, 5.74) is 3.31. The molecule has 0 amide bonds. The molecule has 1 nitrogen and oxygen atoms in total. The summed E-state index contributed by atoms with van der Waals surface area (Å²) in [5.74, 6) is -0.184. The van der Waals surface area contributed by atoms with E-state index in [1.54, 1.807) is 6.07 Å². The Morgan fingerprint density at radius 2 is 1.95 bits per heavy atom. The topological polar surface area (TPSA) is 12.0 Å². The monoisotopic (exact) mass is 321 g/mol. The normalized spacial score (nSPS) is 12.4. The molecule has 1 atom stereocenters. The molecule has 100 valence electrons. The van der Waals surface area contributed by atoms with Crippen LogP contribution in [0, 0.1) is 12.7 Å². The molecule has 0 aromatic heterocycles. The van der Waals surface area contributed by atoms with E-state index in [1.165, 1.54) is 11.6 Å². The van der Waals surface area contributed by atoms with Gasteiger partial charge < -0.3 is 5.32 Å². The summed E-state index contributed by atoms with van der Waals surface area (Å²) >= 11 is 3.55. The molecular formula is C16H17BrFN. The number of hydrogen-bond acceptors (Lipinski definition) is 1. The molecule has 0 aliphatic heterocycles. The SMILES string of the molecule is Cc1ccc(F)cc1CNC(C)c1ccccc1Br. The van der Waals surface area contributed by atoms with Crippen LogP contribution in [0.3, 0.4) is 0 Å². The molecule has 0 saturated heterocycles. The van der Waals surface area contributed by atoms with Crippen molar-refractivity contribution in [3.05, 3.63) is 69.4 Å². The lowest BCUT2D eigenvalue weighted by molar-refractivity contribution is 0.566. The third-order valence-corrected chi connectivity index (χ3v) is 4.00. The zero-order valence-electron chi connectivity index (χ0n) is 11.1. The van der Waals surface area contributed by atoms with Crippen molar-refractivity contribution in [1.29, 1.82) is 0 Å². The first-order valence-corrected chi connectivity index (χ1v) is 7.10. The summed E-state index contributed by atoms with van der Waals surface area (Å²) in [6.07, 6.45) is 0. The molecule has 3 heteroatoms. The van der Waals surface area contributed by atoms with Crippen LogP contribution in [0.5, 0.6) is 0 Å². The summed E-state index contributed by atoms with van der Waals surface area (Å²) in [7, 11) is 0. The predicted octanol–water partition coefficient (Wildman–Crippen LogP) is 4.75. The first-order valence-electron chi connectivity index (χ1n) is 6.31. The van der Waals surface area contributed by atoms with Crippen molar-refractivity contribution < 1.29 is 4.39 Å². The average molecular weight is 322 g/mol. The number of aryl methyl sites for hydroxylation is 1. The van der Waals surface area contributed by atoms with Crippen molar-refractivity contribution >= 4 is 15.9 Å². The van der Waals surface area contributed by atoms with E-state index in [2.05, 4.69) is 34.2 Å². The number of halogens is 2. The molecule has 0 radical (unpaired) electrons. The lowest BCUT2D eigenvalue weighted by Gasteiger charge is -2.16. The molecule has 1 N–H and O–H groups in total. The van der Waals surface area contributed by atoms with E-state index in [0.717, 1.165) is 15.6 Å². The zero-order valence-corrected chi connectivity index (χ0v) is 12.7. The second kappa shape index (κ2) is 6.31. The second-order valence-electron chi connectivity index (χ2n) is 4.69. The van der Waals surface area contributed by atoms with E-state index < -0.39 is 0 Å². The largest absolute Gasteiger partial charge is 0.306 e. The Morgan fingerprint density at radius 3 is 2.68 bits per heavy atom. The van der Waals surface area contributed by atoms with Crippen LogP contribution in [0.1, 0.15) is 29.7 Å². The van der Waals surface area contributed by atoms with Crippen LogP contribution in [0.15, 0.2) is 46.9 Å². The van der Waals surface area contributed by atoms with E-state index in [0.29, 0.717) is 6.54 Å². The zero-order chi connectivity index (χ0) is 13.8. The molecule has 0 fully saturated rings. The van der Waals surface area contributed by atoms with Gasteiger partial charge in [0.25, 0.3) is 0 Å². The highest BCUT2D eigenvalue weighted by atomic mass is 79.9. The summed E-state index contributed by atoms with van der Waals surface area (Å²) in [5, 5.41) is 3.43. The van der Waals surface area contributed by atoms with Crippen LogP contribution >= 0.6 is 15.9 Å². The lowest BCUT2D eigenvalue weighted by atomic mass is 10.1. The van der Waals surface area contributed by atoms with Crippen LogP contribution in [0.4, 0.5) is 4.39 Å². The van der Waals surface area contributed by atoms with Crippen LogP contribution in [0.25, 0.3) is 0 Å². The van der Waals surface area contributed by atoms with Gasteiger partial charge in [-0.25, -0.2) is 4.39 Å². The van der Waals surface area contributed by atoms with E-state index in [4.69, 9.17) is 0 Å². The minimum absolute atomic E-state index is 0.184. The van der Waals surface area contributed by atoms with E-state index in [-0.39, 0.29) is 11.9 Å². The van der Waals surface area contributed by atoms with Gasteiger partial charge in [0.05, 0.1) is 0 Å². The third kappa shape index (κ3) is 3.64. The highest BCUT2D eigenvalue weighted by Crippen LogP contribution is 2.23. The molecule has 1 unspecified atom stereocenters. The number of rotatable bonds is 4. The molecule has 0 heterocycles. The first kappa shape index (κ1) is 14.2. The summed E-state index contributed by atoms with van der Waals surface area (Å²) < 4.78 is 14.3. The van der Waals surface area contributed by atoms with Gasteiger partial charge in [-0.15, -0.1) is 0 Å². The van der Waals surface area contributed by atoms with Gasteiger partial charge >= 0.3 is 0 Å². The van der Waals surface area contributed by atoms with Crippen molar-refractivity contribution in [2.75, 3.05) is 0 Å². The Balaban J connectivity index is 2.06. The van der Waals surface area contributed by atoms with Crippen molar-refractivity contribution in [3.8, 4) is 0 Å². The summed E-state index contributed by atoms with van der Waals surface area (Å²) in [6, 6.07) is 13.2. The first-order chi connectivity index (χ1) is 9.08. The Kier molecular flexibility index (Phi) is 4.72. The molecule has 19 heavy (non-hydrogen) atoms. The van der Waals surface area contributed by atoms with Gasteiger partial charge in [0.2, 0.25) is 0 Å². The average Bonchev–Trinajstić information content (AvgIpc) is 2.40. The third-order valence-electron chi connectivity index (χ3n) is 3.28. The molecule has 0 bridgehead atoms. The fraction of sp³-hybridized carbons (Fsp3) is 0.250. The van der Waals surface area contributed by atoms with Gasteiger partial charge in [-0.1, -0.05) is 40.2 Å². The van der Waals surface area contributed by atoms with Crippen molar-refractivity contribution in [2.45, 2.75) is 26.4 Å². The van der Waals surface area contributed by atoms with Crippen molar-refractivity contribution in [1.82, 2.24) is 5.32 Å². The molecule has 0 spiro atoms. The Hall–Kier alpha value is -1.19. The Labute approximate surface area is 122 Å². The molecule has 2 rings (SSSR count).